The molecule has 0 spiro atoms. The molecule has 0 aliphatic heterocycles. The first kappa shape index (κ1) is 14.9. The summed E-state index contributed by atoms with van der Waals surface area (Å²) in [6, 6.07) is 13.4. The number of amides is 1. The molecule has 0 aliphatic carbocycles. The summed E-state index contributed by atoms with van der Waals surface area (Å²) < 4.78 is 14.8. The Kier molecular flexibility index (Phi) is 3.89. The van der Waals surface area contributed by atoms with Gasteiger partial charge in [-0.05, 0) is 49.7 Å². The van der Waals surface area contributed by atoms with Crippen LogP contribution >= 0.6 is 0 Å². The van der Waals surface area contributed by atoms with E-state index in [0.717, 1.165) is 11.3 Å². The van der Waals surface area contributed by atoms with Crippen molar-refractivity contribution in [1.82, 2.24) is 15.0 Å². The van der Waals surface area contributed by atoms with Gasteiger partial charge in [-0.15, -0.1) is 5.10 Å². The maximum atomic E-state index is 13.2. The highest BCUT2D eigenvalue weighted by molar-refractivity contribution is 6.03. The Morgan fingerprint density at radius 3 is 2.65 bits per heavy atom. The minimum Gasteiger partial charge on any atom is -0.320 e. The molecule has 6 heteroatoms. The van der Waals surface area contributed by atoms with Gasteiger partial charge >= 0.3 is 0 Å². The average molecular weight is 310 g/mol. The lowest BCUT2D eigenvalue weighted by molar-refractivity contribution is 0.102. The summed E-state index contributed by atoms with van der Waals surface area (Å²) in [7, 11) is 0. The summed E-state index contributed by atoms with van der Waals surface area (Å²) in [5.74, 6) is -0.838. The second-order valence-electron chi connectivity index (χ2n) is 5.24. The van der Waals surface area contributed by atoms with Crippen LogP contribution in [0.3, 0.4) is 0 Å². The number of nitrogens with zero attached hydrogens (tertiary/aromatic N) is 3. The third-order valence-electron chi connectivity index (χ3n) is 3.44. The fourth-order valence-electron chi connectivity index (χ4n) is 2.30. The molecule has 3 rings (SSSR count). The normalized spacial score (nSPS) is 10.6. The van der Waals surface area contributed by atoms with Crippen LogP contribution < -0.4 is 5.32 Å². The smallest absolute Gasteiger partial charge is 0.278 e. The molecule has 0 aliphatic rings. The third-order valence-corrected chi connectivity index (χ3v) is 3.44. The van der Waals surface area contributed by atoms with Gasteiger partial charge in [-0.2, -0.15) is 0 Å². The lowest BCUT2D eigenvalue weighted by atomic mass is 10.2. The Morgan fingerprint density at radius 1 is 1.13 bits per heavy atom. The summed E-state index contributed by atoms with van der Waals surface area (Å²) in [5.41, 5.74) is 3.11. The number of hydrogen-bond donors (Lipinski definition) is 1. The predicted octanol–water partition coefficient (Wildman–Crippen LogP) is 3.28. The summed E-state index contributed by atoms with van der Waals surface area (Å²) >= 11 is 0. The molecular weight excluding hydrogens is 295 g/mol. The monoisotopic (exact) mass is 310 g/mol. The number of aryl methyl sites for hydroxylation is 1. The highest BCUT2D eigenvalue weighted by atomic mass is 19.1. The number of halogens is 1. The Bertz CT molecular complexity index is 873. The van der Waals surface area contributed by atoms with Crippen LogP contribution in [0, 0.1) is 19.7 Å². The number of benzene rings is 2. The van der Waals surface area contributed by atoms with Crippen LogP contribution in [0.5, 0.6) is 0 Å². The van der Waals surface area contributed by atoms with Crippen molar-refractivity contribution in [3.63, 3.8) is 0 Å². The van der Waals surface area contributed by atoms with Gasteiger partial charge in [-0.3, -0.25) is 4.79 Å². The number of hydrogen-bond acceptors (Lipinski definition) is 3. The van der Waals surface area contributed by atoms with Crippen LogP contribution in [-0.4, -0.2) is 20.9 Å². The minimum atomic E-state index is -0.424. The van der Waals surface area contributed by atoms with Gasteiger partial charge in [0.15, 0.2) is 5.69 Å². The zero-order valence-electron chi connectivity index (χ0n) is 12.7. The van der Waals surface area contributed by atoms with E-state index in [-0.39, 0.29) is 5.69 Å². The molecule has 1 amide bonds. The van der Waals surface area contributed by atoms with E-state index in [0.29, 0.717) is 11.4 Å². The maximum Gasteiger partial charge on any atom is 0.278 e. The second-order valence-corrected chi connectivity index (χ2v) is 5.24. The molecule has 5 nitrogen and oxygen atoms in total. The molecule has 0 unspecified atom stereocenters. The van der Waals surface area contributed by atoms with E-state index in [4.69, 9.17) is 0 Å². The van der Waals surface area contributed by atoms with Gasteiger partial charge in [-0.25, -0.2) is 9.07 Å². The fraction of sp³-hybridized carbons (Fsp3) is 0.118. The van der Waals surface area contributed by atoms with Crippen molar-refractivity contribution in [2.24, 2.45) is 0 Å². The van der Waals surface area contributed by atoms with E-state index >= 15 is 0 Å². The second kappa shape index (κ2) is 6.00. The molecule has 0 radical (unpaired) electrons. The third kappa shape index (κ3) is 3.11. The van der Waals surface area contributed by atoms with Gasteiger partial charge in [0.2, 0.25) is 0 Å². The minimum absolute atomic E-state index is 0.204. The van der Waals surface area contributed by atoms with E-state index in [1.807, 2.05) is 31.2 Å². The first-order valence-electron chi connectivity index (χ1n) is 7.11. The van der Waals surface area contributed by atoms with Crippen molar-refractivity contribution in [2.45, 2.75) is 13.8 Å². The van der Waals surface area contributed by atoms with Crippen molar-refractivity contribution < 1.29 is 9.18 Å². The Morgan fingerprint density at radius 2 is 1.91 bits per heavy atom. The number of aromatic nitrogens is 3. The van der Waals surface area contributed by atoms with Gasteiger partial charge in [0.1, 0.15) is 5.82 Å². The number of carbonyl (C=O) groups excluding carboxylic acids is 1. The molecule has 0 saturated heterocycles. The fourth-order valence-corrected chi connectivity index (χ4v) is 2.30. The molecule has 0 fully saturated rings. The quantitative estimate of drug-likeness (QED) is 0.807. The summed E-state index contributed by atoms with van der Waals surface area (Å²) in [6.07, 6.45) is 0. The van der Waals surface area contributed by atoms with E-state index < -0.39 is 11.7 Å². The molecule has 3 aromatic rings. The molecule has 1 heterocycles. The summed E-state index contributed by atoms with van der Waals surface area (Å²) in [4.78, 5) is 12.3. The largest absolute Gasteiger partial charge is 0.320 e. The number of anilines is 1. The van der Waals surface area contributed by atoms with Gasteiger partial charge in [-0.1, -0.05) is 23.4 Å². The molecule has 23 heavy (non-hydrogen) atoms. The predicted molar refractivity (Wildman–Crippen MR) is 85.2 cm³/mol. The molecule has 0 atom stereocenters. The van der Waals surface area contributed by atoms with E-state index in [2.05, 4.69) is 15.6 Å². The van der Waals surface area contributed by atoms with E-state index in [1.54, 1.807) is 17.7 Å². The van der Waals surface area contributed by atoms with Crippen molar-refractivity contribution in [3.8, 4) is 5.69 Å². The van der Waals surface area contributed by atoms with Crippen LogP contribution in [-0.2, 0) is 0 Å². The maximum absolute atomic E-state index is 13.2. The first-order chi connectivity index (χ1) is 11.0. The van der Waals surface area contributed by atoms with Gasteiger partial charge in [0.05, 0.1) is 11.4 Å². The van der Waals surface area contributed by atoms with Crippen LogP contribution in [0.25, 0.3) is 5.69 Å². The lowest BCUT2D eigenvalue weighted by Gasteiger charge is -2.06. The molecular formula is C17H15FN4O. The Hall–Kier alpha value is -3.02. The number of carbonyl (C=O) groups is 1. The van der Waals surface area contributed by atoms with Gasteiger partial charge < -0.3 is 5.32 Å². The molecule has 0 bridgehead atoms. The van der Waals surface area contributed by atoms with Gasteiger partial charge in [0, 0.05) is 5.69 Å². The average Bonchev–Trinajstić information content (AvgIpc) is 2.89. The number of rotatable bonds is 3. The zero-order valence-corrected chi connectivity index (χ0v) is 12.7. The van der Waals surface area contributed by atoms with E-state index in [1.165, 1.54) is 18.2 Å². The SMILES string of the molecule is Cc1cccc(-n2nnc(C(=O)Nc3cccc(F)c3)c2C)c1. The van der Waals surface area contributed by atoms with E-state index in [9.17, 15) is 9.18 Å². The Labute approximate surface area is 132 Å². The van der Waals surface area contributed by atoms with Crippen LogP contribution in [0.1, 0.15) is 21.7 Å². The van der Waals surface area contributed by atoms with Crippen molar-refractivity contribution in [1.29, 1.82) is 0 Å². The van der Waals surface area contributed by atoms with Gasteiger partial charge in [0.25, 0.3) is 5.91 Å². The van der Waals surface area contributed by atoms with Crippen LogP contribution in [0.4, 0.5) is 10.1 Å². The highest BCUT2D eigenvalue weighted by Crippen LogP contribution is 2.15. The number of nitrogens with one attached hydrogen (secondary N) is 1. The summed E-state index contributed by atoms with van der Waals surface area (Å²) in [6.45, 7) is 3.75. The Balaban J connectivity index is 1.88. The molecule has 116 valence electrons. The van der Waals surface area contributed by atoms with Crippen LogP contribution in [0.2, 0.25) is 0 Å². The van der Waals surface area contributed by atoms with Crippen molar-refractivity contribution >= 4 is 11.6 Å². The van der Waals surface area contributed by atoms with Crippen molar-refractivity contribution in [2.75, 3.05) is 5.32 Å². The molecule has 1 N–H and O–H groups in total. The standard InChI is InChI=1S/C17H15FN4O/c1-11-5-3-8-15(9-11)22-12(2)16(20-21-22)17(23)19-14-7-4-6-13(18)10-14/h3-10H,1-2H3,(H,19,23). The molecule has 1 aromatic heterocycles. The molecule has 2 aromatic carbocycles. The van der Waals surface area contributed by atoms with Crippen molar-refractivity contribution in [3.05, 3.63) is 71.3 Å². The summed E-state index contributed by atoms with van der Waals surface area (Å²) in [5, 5.41) is 10.6. The topological polar surface area (TPSA) is 59.8 Å². The van der Waals surface area contributed by atoms with Crippen LogP contribution in [0.15, 0.2) is 48.5 Å². The lowest BCUT2D eigenvalue weighted by Crippen LogP contribution is -2.14. The highest BCUT2D eigenvalue weighted by Gasteiger charge is 2.17. The first-order valence-corrected chi connectivity index (χ1v) is 7.11. The molecule has 0 saturated carbocycles. The zero-order chi connectivity index (χ0) is 16.4.